The molecule has 34 heavy (non-hydrogen) atoms. The van der Waals surface area contributed by atoms with E-state index in [4.69, 9.17) is 4.74 Å². The SMILES string of the molecule is C[C@@H](O[C@H]1CN2C(=O)CCC[C@H]2C1c1ccc(F)cc1)c1cc(C(F)(F)F)cc(C(F)(F)F)c1. The van der Waals surface area contributed by atoms with Crippen LogP contribution in [0, 0.1) is 5.82 Å². The lowest BCUT2D eigenvalue weighted by Gasteiger charge is -2.32. The maximum Gasteiger partial charge on any atom is 0.416 e. The Labute approximate surface area is 191 Å². The van der Waals surface area contributed by atoms with Gasteiger partial charge in [0.2, 0.25) is 5.91 Å². The van der Waals surface area contributed by atoms with Crippen LogP contribution in [0.3, 0.4) is 0 Å². The van der Waals surface area contributed by atoms with Gasteiger partial charge in [-0.25, -0.2) is 4.39 Å². The normalized spacial score (nSPS) is 24.3. The molecule has 0 spiro atoms. The maximum atomic E-state index is 13.5. The van der Waals surface area contributed by atoms with Crippen molar-refractivity contribution in [2.75, 3.05) is 6.54 Å². The summed E-state index contributed by atoms with van der Waals surface area (Å²) >= 11 is 0. The third-order valence-electron chi connectivity index (χ3n) is 6.52. The van der Waals surface area contributed by atoms with E-state index in [1.54, 1.807) is 17.0 Å². The molecule has 0 N–H and O–H groups in total. The van der Waals surface area contributed by atoms with Gasteiger partial charge in [0.1, 0.15) is 5.82 Å². The molecule has 0 aliphatic carbocycles. The summed E-state index contributed by atoms with van der Waals surface area (Å²) in [5.41, 5.74) is -2.40. The minimum absolute atomic E-state index is 0.0754. The van der Waals surface area contributed by atoms with Crippen molar-refractivity contribution in [3.63, 3.8) is 0 Å². The molecule has 0 saturated carbocycles. The van der Waals surface area contributed by atoms with Crippen LogP contribution in [0.1, 0.15) is 60.5 Å². The van der Waals surface area contributed by atoms with Crippen LogP contribution >= 0.6 is 0 Å². The van der Waals surface area contributed by atoms with E-state index in [2.05, 4.69) is 0 Å². The third-order valence-corrected chi connectivity index (χ3v) is 6.52. The number of nitrogens with zero attached hydrogens (tertiary/aromatic N) is 1. The summed E-state index contributed by atoms with van der Waals surface area (Å²) in [6.45, 7) is 1.54. The number of piperidine rings is 1. The predicted molar refractivity (Wildman–Crippen MR) is 108 cm³/mol. The lowest BCUT2D eigenvalue weighted by molar-refractivity contribution is -0.143. The van der Waals surface area contributed by atoms with E-state index in [0.717, 1.165) is 0 Å². The Morgan fingerprint density at radius 2 is 1.56 bits per heavy atom. The number of amides is 1. The van der Waals surface area contributed by atoms with E-state index in [-0.39, 0.29) is 36.0 Å². The molecule has 4 rings (SSSR count). The smallest absolute Gasteiger partial charge is 0.368 e. The second kappa shape index (κ2) is 8.87. The van der Waals surface area contributed by atoms with E-state index < -0.39 is 41.5 Å². The molecule has 3 nitrogen and oxygen atoms in total. The highest BCUT2D eigenvalue weighted by atomic mass is 19.4. The number of benzene rings is 2. The van der Waals surface area contributed by atoms with Crippen molar-refractivity contribution in [2.45, 2.75) is 62.7 Å². The molecule has 2 aliphatic rings. The quantitative estimate of drug-likeness (QED) is 0.460. The average molecular weight is 489 g/mol. The fourth-order valence-corrected chi connectivity index (χ4v) is 4.92. The topological polar surface area (TPSA) is 29.5 Å². The summed E-state index contributed by atoms with van der Waals surface area (Å²) in [6.07, 6.45) is -10.0. The van der Waals surface area contributed by atoms with Gasteiger partial charge < -0.3 is 9.64 Å². The summed E-state index contributed by atoms with van der Waals surface area (Å²) in [4.78, 5) is 14.1. The number of carbonyl (C=O) groups excluding carboxylic acids is 1. The standard InChI is InChI=1S/C24H22F7NO2/c1-13(15-9-16(23(26,27)28)11-17(10-15)24(29,30)31)34-20-12-32-19(3-2-4-21(32)33)22(20)14-5-7-18(25)8-6-14/h5-11,13,19-20,22H,2-4,12H2,1H3/t13-,19+,20+,22?/m1/s1. The van der Waals surface area contributed by atoms with Gasteiger partial charge in [0.15, 0.2) is 0 Å². The Hall–Kier alpha value is -2.62. The number of hydrogen-bond acceptors (Lipinski definition) is 2. The van der Waals surface area contributed by atoms with Gasteiger partial charge in [-0.2, -0.15) is 26.3 Å². The van der Waals surface area contributed by atoms with Crippen molar-refractivity contribution >= 4 is 5.91 Å². The fourth-order valence-electron chi connectivity index (χ4n) is 4.92. The number of halogens is 7. The lowest BCUT2D eigenvalue weighted by atomic mass is 9.86. The first kappa shape index (κ1) is 24.5. The number of fused-ring (bicyclic) bond motifs is 1. The van der Waals surface area contributed by atoms with Gasteiger partial charge in [0.05, 0.1) is 23.3 Å². The molecular formula is C24H22F7NO2. The fraction of sp³-hybridized carbons (Fsp3) is 0.458. The summed E-state index contributed by atoms with van der Waals surface area (Å²) in [6, 6.07) is 6.81. The Balaban J connectivity index is 1.67. The van der Waals surface area contributed by atoms with E-state index in [9.17, 15) is 35.5 Å². The van der Waals surface area contributed by atoms with Crippen LogP contribution in [0.25, 0.3) is 0 Å². The van der Waals surface area contributed by atoms with Gasteiger partial charge in [0.25, 0.3) is 0 Å². The van der Waals surface area contributed by atoms with Gasteiger partial charge >= 0.3 is 12.4 Å². The van der Waals surface area contributed by atoms with E-state index in [1.165, 1.54) is 19.1 Å². The second-order valence-corrected chi connectivity index (χ2v) is 8.74. The van der Waals surface area contributed by atoms with Crippen molar-refractivity contribution < 1.29 is 40.3 Å². The zero-order valence-corrected chi connectivity index (χ0v) is 18.1. The maximum absolute atomic E-state index is 13.5. The number of hydrogen-bond donors (Lipinski definition) is 0. The highest BCUT2D eigenvalue weighted by molar-refractivity contribution is 5.78. The summed E-state index contributed by atoms with van der Waals surface area (Å²) in [7, 11) is 0. The molecule has 1 amide bonds. The molecule has 184 valence electrons. The average Bonchev–Trinajstić information content (AvgIpc) is 3.12. The van der Waals surface area contributed by atoms with Gasteiger partial charge in [-0.3, -0.25) is 4.79 Å². The first-order chi connectivity index (χ1) is 15.8. The third kappa shape index (κ3) is 4.92. The molecule has 0 aromatic heterocycles. The molecule has 2 aromatic carbocycles. The Morgan fingerprint density at radius 3 is 2.12 bits per heavy atom. The van der Waals surface area contributed by atoms with Crippen molar-refractivity contribution in [1.29, 1.82) is 0 Å². The summed E-state index contributed by atoms with van der Waals surface area (Å²) in [5, 5.41) is 0. The summed E-state index contributed by atoms with van der Waals surface area (Å²) < 4.78 is 99.2. The highest BCUT2D eigenvalue weighted by Crippen LogP contribution is 2.43. The molecule has 2 aromatic rings. The van der Waals surface area contributed by atoms with Crippen LogP contribution in [0.5, 0.6) is 0 Å². The number of carbonyl (C=O) groups is 1. The molecule has 10 heteroatoms. The predicted octanol–water partition coefficient (Wildman–Crippen LogP) is 6.49. The molecule has 2 heterocycles. The van der Waals surface area contributed by atoms with Crippen molar-refractivity contribution in [2.24, 2.45) is 0 Å². The first-order valence-electron chi connectivity index (χ1n) is 10.8. The Kier molecular flexibility index (Phi) is 6.39. The molecule has 0 bridgehead atoms. The summed E-state index contributed by atoms with van der Waals surface area (Å²) in [5.74, 6) is -0.923. The van der Waals surface area contributed by atoms with Crippen LogP contribution in [-0.4, -0.2) is 29.5 Å². The Bertz CT molecular complexity index is 1020. The van der Waals surface area contributed by atoms with Crippen molar-refractivity contribution in [3.8, 4) is 0 Å². The number of rotatable bonds is 4. The van der Waals surface area contributed by atoms with Crippen molar-refractivity contribution in [3.05, 3.63) is 70.5 Å². The second-order valence-electron chi connectivity index (χ2n) is 8.74. The first-order valence-corrected chi connectivity index (χ1v) is 10.8. The van der Waals surface area contributed by atoms with E-state index in [1.807, 2.05) is 0 Å². The van der Waals surface area contributed by atoms with Gasteiger partial charge in [0, 0.05) is 24.9 Å². The number of ether oxygens (including phenoxy) is 1. The molecule has 2 fully saturated rings. The van der Waals surface area contributed by atoms with Gasteiger partial charge in [-0.15, -0.1) is 0 Å². The monoisotopic (exact) mass is 489 g/mol. The minimum Gasteiger partial charge on any atom is -0.368 e. The molecular weight excluding hydrogens is 467 g/mol. The van der Waals surface area contributed by atoms with Gasteiger partial charge in [-0.1, -0.05) is 12.1 Å². The van der Waals surface area contributed by atoms with Crippen LogP contribution in [-0.2, 0) is 21.9 Å². The van der Waals surface area contributed by atoms with Crippen molar-refractivity contribution in [1.82, 2.24) is 4.90 Å². The zero-order chi connectivity index (χ0) is 24.8. The van der Waals surface area contributed by atoms with E-state index >= 15 is 0 Å². The van der Waals surface area contributed by atoms with Crippen LogP contribution in [0.15, 0.2) is 42.5 Å². The lowest BCUT2D eigenvalue weighted by Crippen LogP contribution is -2.40. The molecule has 4 atom stereocenters. The van der Waals surface area contributed by atoms with Crippen LogP contribution < -0.4 is 0 Å². The van der Waals surface area contributed by atoms with Crippen LogP contribution in [0.2, 0.25) is 0 Å². The molecule has 2 saturated heterocycles. The zero-order valence-electron chi connectivity index (χ0n) is 18.1. The highest BCUT2D eigenvalue weighted by Gasteiger charge is 2.47. The molecule has 2 aliphatic heterocycles. The van der Waals surface area contributed by atoms with Crippen LogP contribution in [0.4, 0.5) is 30.7 Å². The molecule has 1 unspecified atom stereocenters. The van der Waals surface area contributed by atoms with Gasteiger partial charge in [-0.05, 0) is 61.2 Å². The minimum atomic E-state index is -4.97. The van der Waals surface area contributed by atoms with E-state index in [0.29, 0.717) is 37.0 Å². The molecule has 0 radical (unpaired) electrons. The number of alkyl halides is 6. The largest absolute Gasteiger partial charge is 0.416 e. The Morgan fingerprint density at radius 1 is 0.971 bits per heavy atom.